The highest BCUT2D eigenvalue weighted by Gasteiger charge is 2.23. The second-order valence-electron chi connectivity index (χ2n) is 6.40. The van der Waals surface area contributed by atoms with Crippen LogP contribution in [0.1, 0.15) is 29.7 Å². The average Bonchev–Trinajstić information content (AvgIpc) is 2.58. The van der Waals surface area contributed by atoms with Crippen molar-refractivity contribution in [3.63, 3.8) is 0 Å². The fraction of sp³-hybridized carbons (Fsp3) is 0.421. The zero-order valence-corrected chi connectivity index (χ0v) is 13.6. The molecular formula is C19H23N3O. The molecule has 1 fully saturated rings. The van der Waals surface area contributed by atoms with Crippen LogP contribution in [-0.2, 0) is 17.6 Å². The number of piperidine rings is 1. The van der Waals surface area contributed by atoms with Crippen LogP contribution in [0.3, 0.4) is 0 Å². The summed E-state index contributed by atoms with van der Waals surface area (Å²) in [6.07, 6.45) is 9.20. The van der Waals surface area contributed by atoms with E-state index in [1.54, 1.807) is 12.4 Å². The highest BCUT2D eigenvalue weighted by Crippen LogP contribution is 2.21. The van der Waals surface area contributed by atoms with Crippen molar-refractivity contribution in [1.82, 2.24) is 14.9 Å². The predicted octanol–water partition coefficient (Wildman–Crippen LogP) is 2.81. The van der Waals surface area contributed by atoms with Gasteiger partial charge in [-0.3, -0.25) is 14.8 Å². The molecule has 0 spiro atoms. The van der Waals surface area contributed by atoms with Crippen molar-refractivity contribution in [1.29, 1.82) is 0 Å². The van der Waals surface area contributed by atoms with Gasteiger partial charge in [0.05, 0.1) is 6.42 Å². The van der Waals surface area contributed by atoms with Gasteiger partial charge in [-0.25, -0.2) is 0 Å². The summed E-state index contributed by atoms with van der Waals surface area (Å²) in [5, 5.41) is 0. The molecule has 1 unspecified atom stereocenters. The van der Waals surface area contributed by atoms with E-state index in [4.69, 9.17) is 0 Å². The van der Waals surface area contributed by atoms with E-state index in [0.717, 1.165) is 37.2 Å². The van der Waals surface area contributed by atoms with Crippen molar-refractivity contribution in [2.24, 2.45) is 5.92 Å². The zero-order chi connectivity index (χ0) is 16.1. The number of likely N-dealkylation sites (tertiary alicyclic amines) is 1. The minimum absolute atomic E-state index is 0.213. The van der Waals surface area contributed by atoms with E-state index in [1.807, 2.05) is 30.2 Å². The SMILES string of the molecule is Cc1ccc(CC2CCCN(C(=O)Cc3cccnc3)C2)cn1. The summed E-state index contributed by atoms with van der Waals surface area (Å²) in [5.74, 6) is 0.746. The number of carbonyl (C=O) groups is 1. The van der Waals surface area contributed by atoms with E-state index in [1.165, 1.54) is 12.0 Å². The summed E-state index contributed by atoms with van der Waals surface area (Å²) in [7, 11) is 0. The van der Waals surface area contributed by atoms with Crippen LogP contribution in [-0.4, -0.2) is 33.9 Å². The molecular weight excluding hydrogens is 286 g/mol. The number of carbonyl (C=O) groups excluding carboxylic acids is 1. The number of aromatic nitrogens is 2. The average molecular weight is 309 g/mol. The Hall–Kier alpha value is -2.23. The van der Waals surface area contributed by atoms with Crippen molar-refractivity contribution < 1.29 is 4.79 Å². The summed E-state index contributed by atoms with van der Waals surface area (Å²) in [5.41, 5.74) is 3.30. The van der Waals surface area contributed by atoms with E-state index in [-0.39, 0.29) is 5.91 Å². The highest BCUT2D eigenvalue weighted by atomic mass is 16.2. The number of hydrogen-bond donors (Lipinski definition) is 0. The Kier molecular flexibility index (Phi) is 5.01. The van der Waals surface area contributed by atoms with E-state index in [9.17, 15) is 4.79 Å². The van der Waals surface area contributed by atoms with Crippen molar-refractivity contribution in [2.75, 3.05) is 13.1 Å². The van der Waals surface area contributed by atoms with Crippen molar-refractivity contribution >= 4 is 5.91 Å². The van der Waals surface area contributed by atoms with Crippen LogP contribution >= 0.6 is 0 Å². The van der Waals surface area contributed by atoms with E-state index in [0.29, 0.717) is 12.3 Å². The van der Waals surface area contributed by atoms with Gasteiger partial charge in [-0.15, -0.1) is 0 Å². The first-order valence-corrected chi connectivity index (χ1v) is 8.29. The third-order valence-electron chi connectivity index (χ3n) is 4.45. The molecule has 1 amide bonds. The van der Waals surface area contributed by atoms with Gasteiger partial charge in [0.25, 0.3) is 0 Å². The third kappa shape index (κ3) is 4.38. The predicted molar refractivity (Wildman–Crippen MR) is 89.9 cm³/mol. The van der Waals surface area contributed by atoms with Crippen LogP contribution < -0.4 is 0 Å². The molecule has 3 heterocycles. The third-order valence-corrected chi connectivity index (χ3v) is 4.45. The monoisotopic (exact) mass is 309 g/mol. The number of hydrogen-bond acceptors (Lipinski definition) is 3. The van der Waals surface area contributed by atoms with Crippen molar-refractivity contribution in [3.8, 4) is 0 Å². The minimum atomic E-state index is 0.213. The number of pyridine rings is 2. The second kappa shape index (κ2) is 7.36. The Labute approximate surface area is 137 Å². The molecule has 1 aliphatic heterocycles. The van der Waals surface area contributed by atoms with Gasteiger partial charge in [0, 0.05) is 37.4 Å². The molecule has 0 radical (unpaired) electrons. The van der Waals surface area contributed by atoms with Crippen molar-refractivity contribution in [3.05, 3.63) is 59.7 Å². The van der Waals surface area contributed by atoms with Crippen LogP contribution in [0.2, 0.25) is 0 Å². The first-order chi connectivity index (χ1) is 11.2. The smallest absolute Gasteiger partial charge is 0.227 e. The van der Waals surface area contributed by atoms with Gasteiger partial charge in [-0.1, -0.05) is 12.1 Å². The fourth-order valence-corrected chi connectivity index (χ4v) is 3.20. The standard InChI is InChI=1S/C19H23N3O/c1-15-6-7-17(13-21-15)10-18-5-3-9-22(14-18)19(23)11-16-4-2-8-20-12-16/h2,4,6-8,12-13,18H,3,5,9-11,14H2,1H3. The van der Waals surface area contributed by atoms with Crippen LogP contribution in [0.4, 0.5) is 0 Å². The number of amides is 1. The summed E-state index contributed by atoms with van der Waals surface area (Å²) >= 11 is 0. The Morgan fingerprint density at radius 1 is 1.26 bits per heavy atom. The van der Waals surface area contributed by atoms with E-state index in [2.05, 4.69) is 22.1 Å². The zero-order valence-electron chi connectivity index (χ0n) is 13.6. The molecule has 120 valence electrons. The van der Waals surface area contributed by atoms with E-state index >= 15 is 0 Å². The molecule has 0 aliphatic carbocycles. The quantitative estimate of drug-likeness (QED) is 0.872. The maximum absolute atomic E-state index is 12.5. The first kappa shape index (κ1) is 15.7. The molecule has 1 aliphatic rings. The molecule has 4 nitrogen and oxygen atoms in total. The first-order valence-electron chi connectivity index (χ1n) is 8.29. The van der Waals surface area contributed by atoms with Gasteiger partial charge < -0.3 is 4.90 Å². The second-order valence-corrected chi connectivity index (χ2v) is 6.40. The molecule has 23 heavy (non-hydrogen) atoms. The lowest BCUT2D eigenvalue weighted by atomic mass is 9.91. The van der Waals surface area contributed by atoms with Crippen LogP contribution in [0.25, 0.3) is 0 Å². The molecule has 4 heteroatoms. The molecule has 1 atom stereocenters. The highest BCUT2D eigenvalue weighted by molar-refractivity contribution is 5.78. The Bertz CT molecular complexity index is 639. The van der Waals surface area contributed by atoms with Crippen molar-refractivity contribution in [2.45, 2.75) is 32.6 Å². The molecule has 2 aromatic rings. The van der Waals surface area contributed by atoms with Crippen LogP contribution in [0, 0.1) is 12.8 Å². The normalized spacial score (nSPS) is 18.0. The Morgan fingerprint density at radius 3 is 2.91 bits per heavy atom. The van der Waals surface area contributed by atoms with Gasteiger partial charge >= 0.3 is 0 Å². The maximum atomic E-state index is 12.5. The van der Waals surface area contributed by atoms with Gasteiger partial charge in [-0.05, 0) is 55.4 Å². The summed E-state index contributed by atoms with van der Waals surface area (Å²) in [6, 6.07) is 8.05. The lowest BCUT2D eigenvalue weighted by molar-refractivity contribution is -0.132. The van der Waals surface area contributed by atoms with E-state index < -0.39 is 0 Å². The molecule has 0 bridgehead atoms. The van der Waals surface area contributed by atoms with Crippen LogP contribution in [0.15, 0.2) is 42.9 Å². The molecule has 0 N–H and O–H groups in total. The van der Waals surface area contributed by atoms with Gasteiger partial charge in [0.15, 0.2) is 0 Å². The molecule has 0 aromatic carbocycles. The lowest BCUT2D eigenvalue weighted by Crippen LogP contribution is -2.41. The minimum Gasteiger partial charge on any atom is -0.342 e. The molecule has 1 saturated heterocycles. The Morgan fingerprint density at radius 2 is 2.17 bits per heavy atom. The summed E-state index contributed by atoms with van der Waals surface area (Å²) in [4.78, 5) is 23.0. The molecule has 3 rings (SSSR count). The molecule has 2 aromatic heterocycles. The maximum Gasteiger partial charge on any atom is 0.227 e. The topological polar surface area (TPSA) is 46.1 Å². The van der Waals surface area contributed by atoms with Gasteiger partial charge in [-0.2, -0.15) is 0 Å². The largest absolute Gasteiger partial charge is 0.342 e. The number of aryl methyl sites for hydroxylation is 1. The van der Waals surface area contributed by atoms with Gasteiger partial charge in [0.2, 0.25) is 5.91 Å². The molecule has 0 saturated carbocycles. The van der Waals surface area contributed by atoms with Crippen LogP contribution in [0.5, 0.6) is 0 Å². The Balaban J connectivity index is 1.57. The fourth-order valence-electron chi connectivity index (χ4n) is 3.20. The lowest BCUT2D eigenvalue weighted by Gasteiger charge is -2.33. The number of rotatable bonds is 4. The summed E-state index contributed by atoms with van der Waals surface area (Å²) in [6.45, 7) is 3.73. The summed E-state index contributed by atoms with van der Waals surface area (Å²) < 4.78 is 0. The van der Waals surface area contributed by atoms with Gasteiger partial charge in [0.1, 0.15) is 0 Å². The number of nitrogens with zero attached hydrogens (tertiary/aromatic N) is 3.